The number of likely N-dealkylation sites (tertiary alicyclic amines) is 1. The lowest BCUT2D eigenvalue weighted by Gasteiger charge is -2.23. The highest BCUT2D eigenvalue weighted by Gasteiger charge is 2.38. The molecule has 1 saturated heterocycles. The van der Waals surface area contributed by atoms with Gasteiger partial charge in [-0.3, -0.25) is 9.59 Å². The summed E-state index contributed by atoms with van der Waals surface area (Å²) in [7, 11) is 0. The molecule has 7 nitrogen and oxygen atoms in total. The standard InChI is InChI=1S/C17H19FN2O5/c18-12-1-3-13(4-2-12)24-11-17(23)7-8-20(10-17)16(22)6-5-14-9-15(21)19-25-14/h1-4,9,23H,5-8,10-11H2,(H,19,21)/t17-/m1/s1. The number of nitrogens with one attached hydrogen (secondary N) is 1. The lowest BCUT2D eigenvalue weighted by molar-refractivity contribution is -0.131. The summed E-state index contributed by atoms with van der Waals surface area (Å²) in [6, 6.07) is 6.85. The van der Waals surface area contributed by atoms with E-state index in [0.717, 1.165) is 0 Å². The first-order valence-electron chi connectivity index (χ1n) is 7.99. The van der Waals surface area contributed by atoms with E-state index in [-0.39, 0.29) is 36.9 Å². The number of aromatic nitrogens is 1. The Morgan fingerprint density at radius 3 is 2.84 bits per heavy atom. The van der Waals surface area contributed by atoms with Crippen LogP contribution < -0.4 is 10.3 Å². The number of aromatic amines is 1. The number of benzene rings is 1. The molecule has 1 aliphatic heterocycles. The van der Waals surface area contributed by atoms with Crippen molar-refractivity contribution in [2.75, 3.05) is 19.7 Å². The highest BCUT2D eigenvalue weighted by Crippen LogP contribution is 2.24. The maximum absolute atomic E-state index is 12.9. The molecule has 1 aromatic carbocycles. The highest BCUT2D eigenvalue weighted by molar-refractivity contribution is 5.76. The Morgan fingerprint density at radius 1 is 1.40 bits per heavy atom. The first-order chi connectivity index (χ1) is 11.9. The number of carbonyl (C=O) groups excluding carboxylic acids is 1. The quantitative estimate of drug-likeness (QED) is 0.813. The molecule has 0 unspecified atom stereocenters. The first kappa shape index (κ1) is 17.2. The van der Waals surface area contributed by atoms with Crippen molar-refractivity contribution in [3.63, 3.8) is 0 Å². The van der Waals surface area contributed by atoms with Crippen LogP contribution in [-0.2, 0) is 11.2 Å². The van der Waals surface area contributed by atoms with Crippen LogP contribution in [0.25, 0.3) is 0 Å². The zero-order chi connectivity index (χ0) is 17.9. The Kier molecular flexibility index (Phi) is 4.89. The van der Waals surface area contributed by atoms with Crippen LogP contribution in [0.2, 0.25) is 0 Å². The van der Waals surface area contributed by atoms with Crippen molar-refractivity contribution >= 4 is 5.91 Å². The molecule has 1 amide bonds. The Labute approximate surface area is 143 Å². The zero-order valence-corrected chi connectivity index (χ0v) is 13.5. The number of β-amino-alcohol motifs (C(OH)–C–C–N with tert-alkyl or cyclic N) is 1. The minimum Gasteiger partial charge on any atom is -0.491 e. The first-order valence-corrected chi connectivity index (χ1v) is 7.99. The summed E-state index contributed by atoms with van der Waals surface area (Å²) in [5.74, 6) is 0.401. The summed E-state index contributed by atoms with van der Waals surface area (Å²) in [5.41, 5.74) is -1.47. The van der Waals surface area contributed by atoms with Gasteiger partial charge in [0.1, 0.15) is 29.5 Å². The van der Waals surface area contributed by atoms with Crippen LogP contribution in [0.1, 0.15) is 18.6 Å². The number of hydrogen-bond donors (Lipinski definition) is 2. The molecule has 0 spiro atoms. The number of ether oxygens (including phenoxy) is 1. The molecule has 0 bridgehead atoms. The molecule has 0 saturated carbocycles. The number of aryl methyl sites for hydroxylation is 1. The Morgan fingerprint density at radius 2 is 2.16 bits per heavy atom. The van der Waals surface area contributed by atoms with Gasteiger partial charge in [-0.25, -0.2) is 4.39 Å². The number of amides is 1. The fourth-order valence-electron chi connectivity index (χ4n) is 2.77. The molecule has 2 heterocycles. The van der Waals surface area contributed by atoms with Gasteiger partial charge in [-0.05, 0) is 30.7 Å². The van der Waals surface area contributed by atoms with Gasteiger partial charge >= 0.3 is 0 Å². The molecular weight excluding hydrogens is 331 g/mol. The van der Waals surface area contributed by atoms with Gasteiger partial charge in [0.15, 0.2) is 0 Å². The van der Waals surface area contributed by atoms with Crippen molar-refractivity contribution in [2.45, 2.75) is 24.9 Å². The predicted molar refractivity (Wildman–Crippen MR) is 85.7 cm³/mol. The summed E-state index contributed by atoms with van der Waals surface area (Å²) in [5, 5.41) is 12.7. The van der Waals surface area contributed by atoms with Gasteiger partial charge in [-0.2, -0.15) is 5.16 Å². The zero-order valence-electron chi connectivity index (χ0n) is 13.5. The molecule has 2 N–H and O–H groups in total. The third-order valence-electron chi connectivity index (χ3n) is 4.17. The molecular formula is C17H19FN2O5. The second kappa shape index (κ2) is 7.10. The van der Waals surface area contributed by atoms with E-state index in [2.05, 4.69) is 5.16 Å². The fourth-order valence-corrected chi connectivity index (χ4v) is 2.77. The van der Waals surface area contributed by atoms with Crippen LogP contribution in [0, 0.1) is 5.82 Å². The number of halogens is 1. The van der Waals surface area contributed by atoms with Gasteiger partial charge in [0, 0.05) is 25.5 Å². The summed E-state index contributed by atoms with van der Waals surface area (Å²) < 4.78 is 23.3. The molecule has 1 aromatic heterocycles. The topological polar surface area (TPSA) is 95.8 Å². The monoisotopic (exact) mass is 350 g/mol. The normalized spacial score (nSPS) is 20.0. The third kappa shape index (κ3) is 4.48. The Bertz CT molecular complexity index is 785. The van der Waals surface area contributed by atoms with Crippen LogP contribution in [0.5, 0.6) is 5.75 Å². The fraction of sp³-hybridized carbons (Fsp3) is 0.412. The van der Waals surface area contributed by atoms with Gasteiger partial charge < -0.3 is 19.3 Å². The molecule has 0 radical (unpaired) electrons. The summed E-state index contributed by atoms with van der Waals surface area (Å²) in [6.45, 7) is 0.623. The van der Waals surface area contributed by atoms with Gasteiger partial charge in [0.05, 0.1) is 6.54 Å². The third-order valence-corrected chi connectivity index (χ3v) is 4.17. The predicted octanol–water partition coefficient (Wildman–Crippen LogP) is 1.08. The van der Waals surface area contributed by atoms with E-state index < -0.39 is 5.60 Å². The maximum atomic E-state index is 12.9. The van der Waals surface area contributed by atoms with Crippen molar-refractivity contribution in [3.05, 3.63) is 52.3 Å². The van der Waals surface area contributed by atoms with Gasteiger partial charge in [0.25, 0.3) is 5.56 Å². The average Bonchev–Trinajstić information content (AvgIpc) is 3.19. The van der Waals surface area contributed by atoms with Crippen molar-refractivity contribution in [2.24, 2.45) is 0 Å². The van der Waals surface area contributed by atoms with Gasteiger partial charge in [-0.15, -0.1) is 0 Å². The van der Waals surface area contributed by atoms with E-state index in [0.29, 0.717) is 30.9 Å². The van der Waals surface area contributed by atoms with Crippen LogP contribution >= 0.6 is 0 Å². The molecule has 8 heteroatoms. The van der Waals surface area contributed by atoms with Crippen molar-refractivity contribution in [3.8, 4) is 5.75 Å². The molecule has 134 valence electrons. The summed E-state index contributed by atoms with van der Waals surface area (Å²) in [4.78, 5) is 24.8. The van der Waals surface area contributed by atoms with E-state index in [1.54, 1.807) is 4.90 Å². The number of aliphatic hydroxyl groups is 1. The van der Waals surface area contributed by atoms with Crippen LogP contribution in [0.4, 0.5) is 4.39 Å². The number of hydrogen-bond acceptors (Lipinski definition) is 5. The number of carbonyl (C=O) groups is 1. The maximum Gasteiger partial charge on any atom is 0.280 e. The molecule has 3 rings (SSSR count). The van der Waals surface area contributed by atoms with Crippen LogP contribution in [0.15, 0.2) is 39.6 Å². The Balaban J connectivity index is 1.48. The molecule has 1 fully saturated rings. The van der Waals surface area contributed by atoms with Crippen molar-refractivity contribution in [1.82, 2.24) is 10.1 Å². The SMILES string of the molecule is O=C(CCc1cc(=O)[nH]o1)N1CC[C@](O)(COc2ccc(F)cc2)C1. The van der Waals surface area contributed by atoms with Crippen LogP contribution in [-0.4, -0.2) is 46.4 Å². The second-order valence-corrected chi connectivity index (χ2v) is 6.21. The second-order valence-electron chi connectivity index (χ2n) is 6.21. The molecule has 25 heavy (non-hydrogen) atoms. The highest BCUT2D eigenvalue weighted by atomic mass is 19.1. The van der Waals surface area contributed by atoms with Gasteiger partial charge in [0.2, 0.25) is 5.91 Å². The number of H-pyrrole nitrogens is 1. The number of rotatable bonds is 6. The minimum atomic E-state index is -1.13. The van der Waals surface area contributed by atoms with E-state index in [1.165, 1.54) is 30.3 Å². The minimum absolute atomic E-state index is 0.0229. The molecule has 1 atom stereocenters. The molecule has 1 aliphatic rings. The van der Waals surface area contributed by atoms with E-state index >= 15 is 0 Å². The van der Waals surface area contributed by atoms with Gasteiger partial charge in [-0.1, -0.05) is 0 Å². The number of nitrogens with zero attached hydrogens (tertiary/aromatic N) is 1. The van der Waals surface area contributed by atoms with Crippen molar-refractivity contribution in [1.29, 1.82) is 0 Å². The lowest BCUT2D eigenvalue weighted by Crippen LogP contribution is -2.40. The average molecular weight is 350 g/mol. The largest absolute Gasteiger partial charge is 0.491 e. The van der Waals surface area contributed by atoms with Crippen LogP contribution in [0.3, 0.4) is 0 Å². The summed E-state index contributed by atoms with van der Waals surface area (Å²) in [6.07, 6.45) is 0.910. The Hall–Kier alpha value is -2.61. The summed E-state index contributed by atoms with van der Waals surface area (Å²) >= 11 is 0. The smallest absolute Gasteiger partial charge is 0.280 e. The van der Waals surface area contributed by atoms with E-state index in [4.69, 9.17) is 9.26 Å². The van der Waals surface area contributed by atoms with E-state index in [9.17, 15) is 19.1 Å². The molecule has 0 aliphatic carbocycles. The van der Waals surface area contributed by atoms with E-state index in [1.807, 2.05) is 0 Å². The van der Waals surface area contributed by atoms with Crippen molar-refractivity contribution < 1.29 is 23.6 Å². The lowest BCUT2D eigenvalue weighted by atomic mass is 10.1. The molecule has 2 aromatic rings.